The summed E-state index contributed by atoms with van der Waals surface area (Å²) in [5, 5.41) is 2.79. The van der Waals surface area contributed by atoms with E-state index in [1.54, 1.807) is 0 Å². The van der Waals surface area contributed by atoms with E-state index in [1.165, 1.54) is 24.3 Å². The molecule has 0 radical (unpaired) electrons. The first-order valence-corrected chi connectivity index (χ1v) is 6.85. The van der Waals surface area contributed by atoms with Crippen molar-refractivity contribution in [1.82, 2.24) is 5.32 Å². The zero-order chi connectivity index (χ0) is 11.6. The molecule has 6 heteroatoms. The molecule has 1 aromatic carbocycles. The zero-order valence-corrected chi connectivity index (χ0v) is 10.9. The van der Waals surface area contributed by atoms with Crippen LogP contribution in [0.3, 0.4) is 0 Å². The Morgan fingerprint density at radius 2 is 1.65 bits per heavy atom. The van der Waals surface area contributed by atoms with Gasteiger partial charge in [0.1, 0.15) is 5.82 Å². The number of nitrogens with one attached hydrogen (secondary N) is 1. The number of hydrogen-bond donors (Lipinski definition) is 1. The maximum Gasteiger partial charge on any atom is 0.181 e. The second-order valence-corrected chi connectivity index (χ2v) is 6.18. The monoisotopic (exact) mass is 279 g/mol. The largest absolute Gasteiger partial charge is 0.317 e. The summed E-state index contributed by atoms with van der Waals surface area (Å²) in [6.07, 6.45) is 1.25. The fourth-order valence-corrected chi connectivity index (χ4v) is 3.68. The first kappa shape index (κ1) is 14.4. The molecule has 1 heterocycles. The van der Waals surface area contributed by atoms with Gasteiger partial charge in [0.05, 0.1) is 10.1 Å². The molecule has 0 amide bonds. The van der Waals surface area contributed by atoms with Gasteiger partial charge in [-0.1, -0.05) is 0 Å². The quantitative estimate of drug-likeness (QED) is 0.840. The summed E-state index contributed by atoms with van der Waals surface area (Å²) < 4.78 is 37.0. The van der Waals surface area contributed by atoms with Crippen LogP contribution in [0.25, 0.3) is 0 Å². The van der Waals surface area contributed by atoms with Crippen molar-refractivity contribution in [1.29, 1.82) is 0 Å². The SMILES string of the molecule is Cl.O=S(=O)(c1ccc(F)cc1)C1CCNCC1. The lowest BCUT2D eigenvalue weighted by Crippen LogP contribution is -2.35. The number of rotatable bonds is 2. The van der Waals surface area contributed by atoms with Crippen LogP contribution in [-0.2, 0) is 9.84 Å². The van der Waals surface area contributed by atoms with E-state index in [4.69, 9.17) is 0 Å². The van der Waals surface area contributed by atoms with E-state index in [0.29, 0.717) is 12.8 Å². The molecule has 0 bridgehead atoms. The van der Waals surface area contributed by atoms with Gasteiger partial charge < -0.3 is 5.32 Å². The maximum absolute atomic E-state index is 12.7. The van der Waals surface area contributed by atoms with Crippen molar-refractivity contribution in [2.24, 2.45) is 0 Å². The van der Waals surface area contributed by atoms with Gasteiger partial charge in [-0.2, -0.15) is 0 Å². The van der Waals surface area contributed by atoms with Crippen molar-refractivity contribution in [2.45, 2.75) is 23.0 Å². The van der Waals surface area contributed by atoms with E-state index in [1.807, 2.05) is 0 Å². The van der Waals surface area contributed by atoms with Gasteiger partial charge in [-0.05, 0) is 50.2 Å². The third-order valence-electron chi connectivity index (χ3n) is 2.87. The first-order valence-electron chi connectivity index (χ1n) is 5.31. The van der Waals surface area contributed by atoms with Crippen LogP contribution >= 0.6 is 12.4 Å². The van der Waals surface area contributed by atoms with E-state index in [2.05, 4.69) is 5.32 Å². The molecule has 1 fully saturated rings. The van der Waals surface area contributed by atoms with Crippen LogP contribution in [0.5, 0.6) is 0 Å². The average Bonchev–Trinajstić information content (AvgIpc) is 2.31. The first-order chi connectivity index (χ1) is 7.60. The van der Waals surface area contributed by atoms with E-state index >= 15 is 0 Å². The highest BCUT2D eigenvalue weighted by molar-refractivity contribution is 7.92. The molecule has 1 aliphatic heterocycles. The predicted octanol–water partition coefficient (Wildman–Crippen LogP) is 1.77. The van der Waals surface area contributed by atoms with E-state index in [0.717, 1.165) is 13.1 Å². The van der Waals surface area contributed by atoms with Gasteiger partial charge in [-0.3, -0.25) is 0 Å². The van der Waals surface area contributed by atoms with Gasteiger partial charge in [0.2, 0.25) is 0 Å². The minimum atomic E-state index is -3.29. The zero-order valence-electron chi connectivity index (χ0n) is 9.23. The summed E-state index contributed by atoms with van der Waals surface area (Å²) in [5.74, 6) is -0.413. The Kier molecular flexibility index (Phi) is 4.91. The normalized spacial score (nSPS) is 17.5. The molecule has 17 heavy (non-hydrogen) atoms. The van der Waals surface area contributed by atoms with E-state index in [9.17, 15) is 12.8 Å². The molecule has 0 atom stereocenters. The highest BCUT2D eigenvalue weighted by atomic mass is 35.5. The molecule has 0 aromatic heterocycles. The topological polar surface area (TPSA) is 46.2 Å². The van der Waals surface area contributed by atoms with Crippen LogP contribution < -0.4 is 5.32 Å². The molecule has 3 nitrogen and oxygen atoms in total. The highest BCUT2D eigenvalue weighted by Gasteiger charge is 2.28. The van der Waals surface area contributed by atoms with Crippen LogP contribution in [0.1, 0.15) is 12.8 Å². The van der Waals surface area contributed by atoms with Crippen LogP contribution in [0.4, 0.5) is 4.39 Å². The van der Waals surface area contributed by atoms with Crippen LogP contribution in [0, 0.1) is 5.82 Å². The average molecular weight is 280 g/mol. The molecule has 1 aliphatic rings. The van der Waals surface area contributed by atoms with Gasteiger partial charge in [0, 0.05) is 0 Å². The molecule has 2 rings (SSSR count). The number of halogens is 2. The van der Waals surface area contributed by atoms with Crippen LogP contribution in [0.15, 0.2) is 29.2 Å². The Labute approximate surface area is 107 Å². The number of hydrogen-bond acceptors (Lipinski definition) is 3. The fraction of sp³-hybridized carbons (Fsp3) is 0.455. The molecule has 96 valence electrons. The van der Waals surface area contributed by atoms with Gasteiger partial charge in [-0.25, -0.2) is 12.8 Å². The Balaban J connectivity index is 0.00000144. The Morgan fingerprint density at radius 3 is 2.18 bits per heavy atom. The fourth-order valence-electron chi connectivity index (χ4n) is 1.92. The summed E-state index contributed by atoms with van der Waals surface area (Å²) in [5.41, 5.74) is 0. The van der Waals surface area contributed by atoms with Gasteiger partial charge >= 0.3 is 0 Å². The summed E-state index contributed by atoms with van der Waals surface area (Å²) in [6, 6.07) is 5.06. The summed E-state index contributed by atoms with van der Waals surface area (Å²) in [7, 11) is -3.29. The molecular weight excluding hydrogens is 265 g/mol. The van der Waals surface area contributed by atoms with Crippen molar-refractivity contribution < 1.29 is 12.8 Å². The van der Waals surface area contributed by atoms with Gasteiger partial charge in [0.15, 0.2) is 9.84 Å². The number of sulfone groups is 1. The summed E-state index contributed by atoms with van der Waals surface area (Å²) >= 11 is 0. The molecule has 1 saturated heterocycles. The van der Waals surface area contributed by atoms with E-state index in [-0.39, 0.29) is 22.6 Å². The minimum absolute atomic E-state index is 0. The van der Waals surface area contributed by atoms with Crippen molar-refractivity contribution in [3.8, 4) is 0 Å². The summed E-state index contributed by atoms with van der Waals surface area (Å²) in [6.45, 7) is 1.45. The third-order valence-corrected chi connectivity index (χ3v) is 5.15. The van der Waals surface area contributed by atoms with Gasteiger partial charge in [0.25, 0.3) is 0 Å². The molecule has 0 saturated carbocycles. The smallest absolute Gasteiger partial charge is 0.181 e. The second-order valence-electron chi connectivity index (χ2n) is 3.95. The molecule has 0 aliphatic carbocycles. The molecule has 0 unspecified atom stereocenters. The lowest BCUT2D eigenvalue weighted by molar-refractivity contribution is 0.496. The lowest BCUT2D eigenvalue weighted by Gasteiger charge is -2.22. The minimum Gasteiger partial charge on any atom is -0.317 e. The third kappa shape index (κ3) is 3.18. The van der Waals surface area contributed by atoms with Crippen LogP contribution in [0.2, 0.25) is 0 Å². The number of benzene rings is 1. The Hall–Kier alpha value is -0.650. The standard InChI is InChI=1S/C11H14FNO2S.ClH/c12-9-1-3-10(4-2-9)16(14,15)11-5-7-13-8-6-11;/h1-4,11,13H,5-8H2;1H. The van der Waals surface area contributed by atoms with Crippen molar-refractivity contribution in [3.63, 3.8) is 0 Å². The lowest BCUT2D eigenvalue weighted by atomic mass is 10.2. The molecule has 1 N–H and O–H groups in total. The predicted molar refractivity (Wildman–Crippen MR) is 66.7 cm³/mol. The van der Waals surface area contributed by atoms with Crippen molar-refractivity contribution in [3.05, 3.63) is 30.1 Å². The van der Waals surface area contributed by atoms with Crippen molar-refractivity contribution >= 4 is 22.2 Å². The summed E-state index contributed by atoms with van der Waals surface area (Å²) in [4.78, 5) is 0.223. The molecule has 1 aromatic rings. The Morgan fingerprint density at radius 1 is 1.12 bits per heavy atom. The second kappa shape index (κ2) is 5.80. The Bertz CT molecular complexity index is 455. The van der Waals surface area contributed by atoms with E-state index < -0.39 is 15.7 Å². The molecular formula is C11H15ClFNO2S. The van der Waals surface area contributed by atoms with Crippen molar-refractivity contribution in [2.75, 3.05) is 13.1 Å². The van der Waals surface area contributed by atoms with Gasteiger partial charge in [-0.15, -0.1) is 12.4 Å². The maximum atomic E-state index is 12.7. The number of piperidine rings is 1. The highest BCUT2D eigenvalue weighted by Crippen LogP contribution is 2.22. The van der Waals surface area contributed by atoms with Crippen LogP contribution in [-0.4, -0.2) is 26.8 Å². The molecule has 0 spiro atoms.